The molecule has 0 saturated heterocycles. The van der Waals surface area contributed by atoms with Crippen LogP contribution < -0.4 is 5.32 Å². The molecule has 1 aromatic heterocycles. The van der Waals surface area contributed by atoms with Gasteiger partial charge in [-0.2, -0.15) is 18.3 Å². The summed E-state index contributed by atoms with van der Waals surface area (Å²) in [4.78, 5) is 12.5. The molecule has 140 valence electrons. The number of carbonyl (C=O) groups excluding carboxylic acids is 1. The first kappa shape index (κ1) is 19.3. The lowest BCUT2D eigenvalue weighted by atomic mass is 10.1. The first-order valence-electron chi connectivity index (χ1n) is 7.65. The van der Waals surface area contributed by atoms with Crippen LogP contribution in [0.3, 0.4) is 0 Å². The van der Waals surface area contributed by atoms with Gasteiger partial charge in [-0.15, -0.1) is 0 Å². The molecule has 0 unspecified atom stereocenters. The Hall–Kier alpha value is -2.51. The van der Waals surface area contributed by atoms with Gasteiger partial charge in [0.2, 0.25) is 0 Å². The predicted molar refractivity (Wildman–Crippen MR) is 97.7 cm³/mol. The number of alkyl halides is 3. The summed E-state index contributed by atoms with van der Waals surface area (Å²) in [6.45, 7) is 1.68. The van der Waals surface area contributed by atoms with Gasteiger partial charge in [-0.1, -0.05) is 29.3 Å². The van der Waals surface area contributed by atoms with Crippen molar-refractivity contribution in [2.45, 2.75) is 13.1 Å². The Balaban J connectivity index is 2.04. The largest absolute Gasteiger partial charge is 0.434 e. The predicted octanol–water partition coefficient (Wildman–Crippen LogP) is 5.76. The van der Waals surface area contributed by atoms with Gasteiger partial charge < -0.3 is 5.32 Å². The van der Waals surface area contributed by atoms with E-state index in [0.29, 0.717) is 21.0 Å². The van der Waals surface area contributed by atoms with Crippen LogP contribution in [0.2, 0.25) is 10.0 Å². The van der Waals surface area contributed by atoms with Crippen LogP contribution in [-0.4, -0.2) is 15.7 Å². The minimum Gasteiger partial charge on any atom is -0.322 e. The van der Waals surface area contributed by atoms with Crippen LogP contribution in [0.25, 0.3) is 5.69 Å². The Labute approximate surface area is 162 Å². The van der Waals surface area contributed by atoms with Crippen molar-refractivity contribution in [1.29, 1.82) is 0 Å². The number of hydrogen-bond donors (Lipinski definition) is 1. The Morgan fingerprint density at radius 2 is 1.81 bits per heavy atom. The third kappa shape index (κ3) is 4.09. The zero-order valence-electron chi connectivity index (χ0n) is 13.8. The SMILES string of the molecule is Cc1cc(Cl)ccc1NC(=O)c1cnn(-c2cccc(Cl)c2)c1C(F)(F)F. The lowest BCUT2D eigenvalue weighted by molar-refractivity contribution is -0.143. The molecule has 2 aromatic carbocycles. The molecule has 1 amide bonds. The van der Waals surface area contributed by atoms with E-state index in [2.05, 4.69) is 10.4 Å². The zero-order chi connectivity index (χ0) is 19.8. The topological polar surface area (TPSA) is 46.9 Å². The monoisotopic (exact) mass is 413 g/mol. The molecule has 0 bridgehead atoms. The fourth-order valence-electron chi connectivity index (χ4n) is 2.55. The molecule has 0 aliphatic heterocycles. The zero-order valence-corrected chi connectivity index (χ0v) is 15.3. The fourth-order valence-corrected chi connectivity index (χ4v) is 2.96. The van der Waals surface area contributed by atoms with E-state index in [0.717, 1.165) is 6.20 Å². The molecule has 4 nitrogen and oxygen atoms in total. The molecule has 1 heterocycles. The van der Waals surface area contributed by atoms with Crippen LogP contribution in [0, 0.1) is 6.92 Å². The summed E-state index contributed by atoms with van der Waals surface area (Å²) in [5.41, 5.74) is -0.720. The van der Waals surface area contributed by atoms with E-state index in [1.165, 1.54) is 36.4 Å². The van der Waals surface area contributed by atoms with Gasteiger partial charge in [0, 0.05) is 15.7 Å². The smallest absolute Gasteiger partial charge is 0.322 e. The number of halogens is 5. The van der Waals surface area contributed by atoms with Crippen LogP contribution in [0.15, 0.2) is 48.7 Å². The molecular formula is C18H12Cl2F3N3O. The van der Waals surface area contributed by atoms with Crippen LogP contribution in [0.1, 0.15) is 21.6 Å². The minimum atomic E-state index is -4.81. The summed E-state index contributed by atoms with van der Waals surface area (Å²) in [7, 11) is 0. The Kier molecular flexibility index (Phi) is 5.17. The lowest BCUT2D eigenvalue weighted by Crippen LogP contribution is -2.21. The molecule has 3 aromatic rings. The highest BCUT2D eigenvalue weighted by molar-refractivity contribution is 6.31. The van der Waals surface area contributed by atoms with Gasteiger partial charge in [0.1, 0.15) is 0 Å². The number of benzene rings is 2. The van der Waals surface area contributed by atoms with Gasteiger partial charge in [-0.25, -0.2) is 4.68 Å². The van der Waals surface area contributed by atoms with Crippen LogP contribution in [-0.2, 0) is 6.18 Å². The molecule has 3 rings (SSSR count). The van der Waals surface area contributed by atoms with Gasteiger partial charge in [0.25, 0.3) is 5.91 Å². The van der Waals surface area contributed by atoms with Crippen molar-refractivity contribution in [2.24, 2.45) is 0 Å². The van der Waals surface area contributed by atoms with Gasteiger partial charge in [-0.3, -0.25) is 4.79 Å². The molecular weight excluding hydrogens is 402 g/mol. The summed E-state index contributed by atoms with van der Waals surface area (Å²) >= 11 is 11.7. The molecule has 0 aliphatic carbocycles. The van der Waals surface area contributed by atoms with Crippen molar-refractivity contribution in [3.05, 3.63) is 75.5 Å². The number of aromatic nitrogens is 2. The van der Waals surface area contributed by atoms with Gasteiger partial charge in [-0.05, 0) is 48.9 Å². The number of carbonyl (C=O) groups is 1. The van der Waals surface area contributed by atoms with Gasteiger partial charge in [0.15, 0.2) is 5.69 Å². The molecule has 0 aliphatic rings. The second-order valence-electron chi connectivity index (χ2n) is 5.71. The van der Waals surface area contributed by atoms with Crippen molar-refractivity contribution in [3.63, 3.8) is 0 Å². The third-order valence-electron chi connectivity index (χ3n) is 3.77. The average molecular weight is 414 g/mol. The van der Waals surface area contributed by atoms with Gasteiger partial charge in [0.05, 0.1) is 17.4 Å². The van der Waals surface area contributed by atoms with Crippen molar-refractivity contribution < 1.29 is 18.0 Å². The number of amides is 1. The molecule has 0 radical (unpaired) electrons. The highest BCUT2D eigenvalue weighted by atomic mass is 35.5. The summed E-state index contributed by atoms with van der Waals surface area (Å²) in [6, 6.07) is 10.4. The quantitative estimate of drug-likeness (QED) is 0.593. The number of nitrogens with zero attached hydrogens (tertiary/aromatic N) is 2. The molecule has 0 saturated carbocycles. The van der Waals surface area contributed by atoms with E-state index in [-0.39, 0.29) is 10.7 Å². The summed E-state index contributed by atoms with van der Waals surface area (Å²) in [6.07, 6.45) is -3.93. The number of hydrogen-bond acceptors (Lipinski definition) is 2. The number of rotatable bonds is 3. The molecule has 0 spiro atoms. The Morgan fingerprint density at radius 1 is 1.11 bits per heavy atom. The summed E-state index contributed by atoms with van der Waals surface area (Å²) in [5.74, 6) is -0.930. The molecule has 0 atom stereocenters. The van der Waals surface area contributed by atoms with Crippen molar-refractivity contribution in [2.75, 3.05) is 5.32 Å². The van der Waals surface area contributed by atoms with E-state index in [4.69, 9.17) is 23.2 Å². The van der Waals surface area contributed by atoms with E-state index in [9.17, 15) is 18.0 Å². The van der Waals surface area contributed by atoms with Crippen LogP contribution in [0.5, 0.6) is 0 Å². The molecule has 0 fully saturated rings. The molecule has 1 N–H and O–H groups in total. The maximum Gasteiger partial charge on any atom is 0.434 e. The van der Waals surface area contributed by atoms with Crippen molar-refractivity contribution in [1.82, 2.24) is 9.78 Å². The number of anilines is 1. The van der Waals surface area contributed by atoms with E-state index in [1.807, 2.05) is 0 Å². The number of nitrogens with one attached hydrogen (secondary N) is 1. The first-order valence-corrected chi connectivity index (χ1v) is 8.41. The van der Waals surface area contributed by atoms with E-state index in [1.54, 1.807) is 13.0 Å². The van der Waals surface area contributed by atoms with E-state index < -0.39 is 23.3 Å². The summed E-state index contributed by atoms with van der Waals surface area (Å²) < 4.78 is 41.7. The maximum atomic E-state index is 13.7. The third-order valence-corrected chi connectivity index (χ3v) is 4.24. The average Bonchev–Trinajstić information content (AvgIpc) is 3.03. The van der Waals surface area contributed by atoms with Crippen LogP contribution >= 0.6 is 23.2 Å². The highest BCUT2D eigenvalue weighted by Crippen LogP contribution is 2.34. The maximum absolute atomic E-state index is 13.7. The van der Waals surface area contributed by atoms with Crippen molar-refractivity contribution >= 4 is 34.8 Å². The lowest BCUT2D eigenvalue weighted by Gasteiger charge is -2.13. The molecule has 27 heavy (non-hydrogen) atoms. The first-order chi connectivity index (χ1) is 12.7. The molecule has 9 heteroatoms. The van der Waals surface area contributed by atoms with Crippen LogP contribution in [0.4, 0.5) is 18.9 Å². The van der Waals surface area contributed by atoms with Crippen molar-refractivity contribution in [3.8, 4) is 5.69 Å². The fraction of sp³-hybridized carbons (Fsp3) is 0.111. The Bertz CT molecular complexity index is 1020. The minimum absolute atomic E-state index is 0.0940. The highest BCUT2D eigenvalue weighted by Gasteiger charge is 2.40. The van der Waals surface area contributed by atoms with E-state index >= 15 is 0 Å². The summed E-state index contributed by atoms with van der Waals surface area (Å²) in [5, 5.41) is 6.92. The second-order valence-corrected chi connectivity index (χ2v) is 6.58. The number of aryl methyl sites for hydroxylation is 1. The second kappa shape index (κ2) is 7.25. The standard InChI is InChI=1S/C18H12Cl2F3N3O/c1-10-7-12(20)5-6-15(10)25-17(27)14-9-24-26(16(14)18(21,22)23)13-4-2-3-11(19)8-13/h2-9H,1H3,(H,25,27). The van der Waals surface area contributed by atoms with Gasteiger partial charge >= 0.3 is 6.18 Å². The Morgan fingerprint density at radius 3 is 2.44 bits per heavy atom. The normalized spacial score (nSPS) is 11.5.